The smallest absolute Gasteiger partial charge is 0.335 e. The van der Waals surface area contributed by atoms with Crippen molar-refractivity contribution in [3.8, 4) is 11.8 Å². The van der Waals surface area contributed by atoms with Gasteiger partial charge in [-0.05, 0) is 42.5 Å². The molecule has 0 bridgehead atoms. The van der Waals surface area contributed by atoms with Gasteiger partial charge >= 0.3 is 5.97 Å². The normalized spacial score (nSPS) is 16.8. The Morgan fingerprint density at radius 3 is 2.74 bits per heavy atom. The first kappa shape index (κ1) is 14.9. The predicted molar refractivity (Wildman–Crippen MR) is 85.8 cm³/mol. The van der Waals surface area contributed by atoms with Crippen LogP contribution in [0, 0.1) is 11.3 Å². The number of carboxylic acid groups (broad SMARTS) is 1. The Balaban J connectivity index is 1.64. The van der Waals surface area contributed by atoms with Gasteiger partial charge < -0.3 is 14.7 Å². The van der Waals surface area contributed by atoms with E-state index in [9.17, 15) is 4.79 Å². The van der Waals surface area contributed by atoms with Crippen LogP contribution in [0.25, 0.3) is 0 Å². The highest BCUT2D eigenvalue weighted by Crippen LogP contribution is 2.24. The Kier molecular flexibility index (Phi) is 4.15. The van der Waals surface area contributed by atoms with Gasteiger partial charge in [-0.15, -0.1) is 0 Å². The summed E-state index contributed by atoms with van der Waals surface area (Å²) in [7, 11) is 0. The molecule has 0 spiro atoms. The van der Waals surface area contributed by atoms with E-state index in [0.29, 0.717) is 11.3 Å². The summed E-state index contributed by atoms with van der Waals surface area (Å²) < 4.78 is 5.91. The first-order valence-electron chi connectivity index (χ1n) is 7.41. The zero-order chi connectivity index (χ0) is 16.2. The van der Waals surface area contributed by atoms with Crippen LogP contribution in [0.1, 0.15) is 22.3 Å². The highest BCUT2D eigenvalue weighted by molar-refractivity contribution is 5.88. The van der Waals surface area contributed by atoms with Gasteiger partial charge in [0.05, 0.1) is 23.7 Å². The van der Waals surface area contributed by atoms with Gasteiger partial charge in [0.25, 0.3) is 0 Å². The van der Waals surface area contributed by atoms with Crippen LogP contribution in [0.2, 0.25) is 0 Å². The van der Waals surface area contributed by atoms with Crippen LogP contribution in [0.5, 0.6) is 5.75 Å². The maximum atomic E-state index is 11.0. The second kappa shape index (κ2) is 6.41. The highest BCUT2D eigenvalue weighted by atomic mass is 16.5. The zero-order valence-corrected chi connectivity index (χ0v) is 12.5. The second-order valence-corrected chi connectivity index (χ2v) is 5.47. The van der Waals surface area contributed by atoms with Gasteiger partial charge in [0.1, 0.15) is 11.9 Å². The first-order valence-corrected chi connectivity index (χ1v) is 7.41. The molecule has 1 atom stereocenters. The van der Waals surface area contributed by atoms with Crippen molar-refractivity contribution in [1.82, 2.24) is 0 Å². The van der Waals surface area contributed by atoms with E-state index in [-0.39, 0.29) is 11.7 Å². The molecule has 5 nitrogen and oxygen atoms in total. The lowest BCUT2D eigenvalue weighted by Gasteiger charge is -2.19. The van der Waals surface area contributed by atoms with E-state index in [1.54, 1.807) is 36.4 Å². The third-order valence-electron chi connectivity index (χ3n) is 3.89. The summed E-state index contributed by atoms with van der Waals surface area (Å²) in [4.78, 5) is 13.2. The van der Waals surface area contributed by atoms with Crippen LogP contribution < -0.4 is 9.64 Å². The molecule has 1 heterocycles. The minimum Gasteiger partial charge on any atom is -0.488 e. The largest absolute Gasteiger partial charge is 0.488 e. The van der Waals surface area contributed by atoms with Crippen LogP contribution in [0.3, 0.4) is 0 Å². The molecule has 116 valence electrons. The van der Waals surface area contributed by atoms with E-state index in [1.807, 2.05) is 12.1 Å². The summed E-state index contributed by atoms with van der Waals surface area (Å²) in [5.74, 6) is -0.377. The average Bonchev–Trinajstić information content (AvgIpc) is 3.03. The Labute approximate surface area is 134 Å². The summed E-state index contributed by atoms with van der Waals surface area (Å²) in [6.07, 6.45) is 0.895. The molecule has 0 amide bonds. The van der Waals surface area contributed by atoms with Gasteiger partial charge in [-0.1, -0.05) is 6.07 Å². The SMILES string of the molecule is N#Cc1ccc(N2CC[C@H](Oc3cccc(C(=O)O)c3)C2)cc1. The van der Waals surface area contributed by atoms with Crippen molar-refractivity contribution in [2.24, 2.45) is 0 Å². The van der Waals surface area contributed by atoms with E-state index < -0.39 is 5.97 Å². The van der Waals surface area contributed by atoms with Gasteiger partial charge in [-0.3, -0.25) is 0 Å². The number of hydrogen-bond acceptors (Lipinski definition) is 4. The van der Waals surface area contributed by atoms with Crippen LogP contribution >= 0.6 is 0 Å². The lowest BCUT2D eigenvalue weighted by Crippen LogP contribution is -2.24. The van der Waals surface area contributed by atoms with Gasteiger partial charge in [0.15, 0.2) is 0 Å². The Bertz CT molecular complexity index is 750. The molecule has 2 aromatic carbocycles. The molecule has 0 aromatic heterocycles. The third-order valence-corrected chi connectivity index (χ3v) is 3.89. The minimum atomic E-state index is -0.957. The summed E-state index contributed by atoms with van der Waals surface area (Å²) in [5, 5.41) is 17.9. The standard InChI is InChI=1S/C18H16N2O3/c19-11-13-4-6-15(7-5-13)20-9-8-17(12-20)23-16-3-1-2-14(10-16)18(21)22/h1-7,10,17H,8-9,12H2,(H,21,22)/t17-/m0/s1. The molecule has 5 heteroatoms. The summed E-state index contributed by atoms with van der Waals surface area (Å²) in [6, 6.07) is 16.2. The fourth-order valence-corrected chi connectivity index (χ4v) is 2.70. The number of carboxylic acids is 1. The molecule has 1 aliphatic heterocycles. The molecular weight excluding hydrogens is 292 g/mol. The molecule has 1 aliphatic rings. The van der Waals surface area contributed by atoms with Crippen molar-refractivity contribution in [3.63, 3.8) is 0 Å². The van der Waals surface area contributed by atoms with Crippen LogP contribution in [0.15, 0.2) is 48.5 Å². The molecule has 0 radical (unpaired) electrons. The molecule has 0 unspecified atom stereocenters. The van der Waals surface area contributed by atoms with Crippen molar-refractivity contribution in [2.75, 3.05) is 18.0 Å². The van der Waals surface area contributed by atoms with E-state index in [2.05, 4.69) is 11.0 Å². The third kappa shape index (κ3) is 3.43. The Morgan fingerprint density at radius 2 is 2.04 bits per heavy atom. The highest BCUT2D eigenvalue weighted by Gasteiger charge is 2.24. The fourth-order valence-electron chi connectivity index (χ4n) is 2.70. The molecule has 1 fully saturated rings. The number of benzene rings is 2. The van der Waals surface area contributed by atoms with Crippen LogP contribution in [0.4, 0.5) is 5.69 Å². The predicted octanol–water partition coefficient (Wildman–Crippen LogP) is 2.91. The van der Waals surface area contributed by atoms with Crippen molar-refractivity contribution in [2.45, 2.75) is 12.5 Å². The molecular formula is C18H16N2O3. The molecule has 0 aliphatic carbocycles. The summed E-state index contributed by atoms with van der Waals surface area (Å²) >= 11 is 0. The first-order chi connectivity index (χ1) is 11.2. The van der Waals surface area contributed by atoms with Crippen LogP contribution in [-0.2, 0) is 0 Å². The number of nitrogens with zero attached hydrogens (tertiary/aromatic N) is 2. The number of ether oxygens (including phenoxy) is 1. The van der Waals surface area contributed by atoms with Crippen molar-refractivity contribution in [1.29, 1.82) is 5.26 Å². The Morgan fingerprint density at radius 1 is 1.26 bits per heavy atom. The topological polar surface area (TPSA) is 73.6 Å². The van der Waals surface area contributed by atoms with Gasteiger partial charge in [-0.2, -0.15) is 5.26 Å². The van der Waals surface area contributed by atoms with Gasteiger partial charge in [-0.25, -0.2) is 4.79 Å². The molecule has 1 saturated heterocycles. The summed E-state index contributed by atoms with van der Waals surface area (Å²) in [5.41, 5.74) is 1.94. The second-order valence-electron chi connectivity index (χ2n) is 5.47. The molecule has 3 rings (SSSR count). The zero-order valence-electron chi connectivity index (χ0n) is 12.5. The number of carbonyl (C=O) groups is 1. The van der Waals surface area contributed by atoms with Gasteiger partial charge in [0, 0.05) is 18.7 Å². The lowest BCUT2D eigenvalue weighted by atomic mass is 10.2. The van der Waals surface area contributed by atoms with Crippen molar-refractivity contribution in [3.05, 3.63) is 59.7 Å². The molecule has 0 saturated carbocycles. The molecule has 23 heavy (non-hydrogen) atoms. The van der Waals surface area contributed by atoms with E-state index in [4.69, 9.17) is 15.1 Å². The minimum absolute atomic E-state index is 0.0229. The van der Waals surface area contributed by atoms with Crippen molar-refractivity contribution >= 4 is 11.7 Å². The molecule has 2 aromatic rings. The quantitative estimate of drug-likeness (QED) is 0.940. The van der Waals surface area contributed by atoms with E-state index >= 15 is 0 Å². The maximum Gasteiger partial charge on any atom is 0.335 e. The monoisotopic (exact) mass is 308 g/mol. The fraction of sp³-hybridized carbons (Fsp3) is 0.222. The molecule has 1 N–H and O–H groups in total. The lowest BCUT2D eigenvalue weighted by molar-refractivity contribution is 0.0696. The van der Waals surface area contributed by atoms with Crippen LogP contribution in [-0.4, -0.2) is 30.3 Å². The Hall–Kier alpha value is -3.00. The number of hydrogen-bond donors (Lipinski definition) is 1. The average molecular weight is 308 g/mol. The maximum absolute atomic E-state index is 11.0. The van der Waals surface area contributed by atoms with Crippen molar-refractivity contribution < 1.29 is 14.6 Å². The number of anilines is 1. The number of rotatable bonds is 4. The number of nitriles is 1. The van der Waals surface area contributed by atoms with E-state index in [0.717, 1.165) is 25.2 Å². The van der Waals surface area contributed by atoms with E-state index in [1.165, 1.54) is 0 Å². The summed E-state index contributed by atoms with van der Waals surface area (Å²) in [6.45, 7) is 1.61. The number of aromatic carboxylic acids is 1. The van der Waals surface area contributed by atoms with Gasteiger partial charge in [0.2, 0.25) is 0 Å².